The molecule has 0 aliphatic heterocycles. The second-order valence-electron chi connectivity index (χ2n) is 4.35. The van der Waals surface area contributed by atoms with Crippen molar-refractivity contribution in [2.24, 2.45) is 5.73 Å². The van der Waals surface area contributed by atoms with Gasteiger partial charge in [0.05, 0.1) is 4.47 Å². The number of phenols is 1. The molecule has 0 aromatic heterocycles. The van der Waals surface area contributed by atoms with Gasteiger partial charge in [-0.05, 0) is 52.4 Å². The molecule has 1 aromatic carbocycles. The summed E-state index contributed by atoms with van der Waals surface area (Å²) in [5.41, 5.74) is 7.88. The van der Waals surface area contributed by atoms with Gasteiger partial charge in [-0.15, -0.1) is 0 Å². The summed E-state index contributed by atoms with van der Waals surface area (Å²) in [7, 11) is 0. The molecular weight excluding hydrogens is 254 g/mol. The van der Waals surface area contributed by atoms with Gasteiger partial charge in [-0.2, -0.15) is 0 Å². The highest BCUT2D eigenvalue weighted by Gasteiger charge is 2.11. The largest absolute Gasteiger partial charge is 0.506 e. The monoisotopic (exact) mass is 271 g/mol. The molecule has 0 aliphatic carbocycles. The standard InChI is InChI=1S/C12H18BrNO/c1-7(2)9-5-10(4-8(3)14)12(15)11(13)6-9/h5-8,15H,4,14H2,1-3H3. The number of phenolic OH excluding ortho intramolecular Hbond substituents is 1. The molecule has 0 fully saturated rings. The van der Waals surface area contributed by atoms with E-state index in [4.69, 9.17) is 5.73 Å². The molecule has 0 radical (unpaired) electrons. The normalized spacial score (nSPS) is 13.2. The van der Waals surface area contributed by atoms with Crippen LogP contribution in [0.3, 0.4) is 0 Å². The van der Waals surface area contributed by atoms with Crippen LogP contribution in [0.5, 0.6) is 5.75 Å². The van der Waals surface area contributed by atoms with Crippen molar-refractivity contribution in [1.82, 2.24) is 0 Å². The lowest BCUT2D eigenvalue weighted by Gasteiger charge is -2.13. The number of aromatic hydroxyl groups is 1. The molecule has 15 heavy (non-hydrogen) atoms. The number of nitrogens with two attached hydrogens (primary N) is 1. The van der Waals surface area contributed by atoms with Crippen LogP contribution in [0.15, 0.2) is 16.6 Å². The predicted octanol–water partition coefficient (Wildman–Crippen LogP) is 3.17. The molecule has 1 aromatic rings. The van der Waals surface area contributed by atoms with Crippen molar-refractivity contribution in [3.8, 4) is 5.75 Å². The maximum absolute atomic E-state index is 9.85. The van der Waals surface area contributed by atoms with Crippen molar-refractivity contribution in [2.75, 3.05) is 0 Å². The average molecular weight is 272 g/mol. The highest BCUT2D eigenvalue weighted by molar-refractivity contribution is 9.10. The quantitative estimate of drug-likeness (QED) is 0.887. The molecular formula is C12H18BrNO. The van der Waals surface area contributed by atoms with Gasteiger partial charge in [0.15, 0.2) is 0 Å². The van der Waals surface area contributed by atoms with Crippen LogP contribution in [0.25, 0.3) is 0 Å². The maximum Gasteiger partial charge on any atom is 0.133 e. The molecule has 0 amide bonds. The van der Waals surface area contributed by atoms with E-state index >= 15 is 0 Å². The highest BCUT2D eigenvalue weighted by atomic mass is 79.9. The van der Waals surface area contributed by atoms with Crippen molar-refractivity contribution < 1.29 is 5.11 Å². The van der Waals surface area contributed by atoms with Gasteiger partial charge in [0.2, 0.25) is 0 Å². The summed E-state index contributed by atoms with van der Waals surface area (Å²) in [4.78, 5) is 0. The van der Waals surface area contributed by atoms with Crippen LogP contribution in [0.4, 0.5) is 0 Å². The van der Waals surface area contributed by atoms with Crippen molar-refractivity contribution in [2.45, 2.75) is 39.2 Å². The Morgan fingerprint density at radius 3 is 2.40 bits per heavy atom. The van der Waals surface area contributed by atoms with Crippen molar-refractivity contribution in [3.63, 3.8) is 0 Å². The lowest BCUT2D eigenvalue weighted by molar-refractivity contribution is 0.461. The molecule has 0 aliphatic rings. The number of benzene rings is 1. The van der Waals surface area contributed by atoms with Crippen molar-refractivity contribution >= 4 is 15.9 Å². The van der Waals surface area contributed by atoms with E-state index in [2.05, 4.69) is 29.8 Å². The Morgan fingerprint density at radius 1 is 1.33 bits per heavy atom. The highest BCUT2D eigenvalue weighted by Crippen LogP contribution is 2.32. The Hall–Kier alpha value is -0.540. The Labute approximate surface area is 99.6 Å². The molecule has 1 atom stereocenters. The summed E-state index contributed by atoms with van der Waals surface area (Å²) in [5.74, 6) is 0.769. The number of hydrogen-bond donors (Lipinski definition) is 2. The van der Waals surface area contributed by atoms with E-state index in [1.807, 2.05) is 19.1 Å². The van der Waals surface area contributed by atoms with Crippen molar-refractivity contribution in [1.29, 1.82) is 0 Å². The van der Waals surface area contributed by atoms with Gasteiger partial charge in [-0.1, -0.05) is 19.9 Å². The van der Waals surface area contributed by atoms with E-state index in [1.165, 1.54) is 5.56 Å². The maximum atomic E-state index is 9.85. The van der Waals surface area contributed by atoms with Crippen LogP contribution >= 0.6 is 15.9 Å². The van der Waals surface area contributed by atoms with E-state index in [0.29, 0.717) is 18.1 Å². The van der Waals surface area contributed by atoms with Crippen LogP contribution in [0.1, 0.15) is 37.8 Å². The van der Waals surface area contributed by atoms with E-state index in [1.54, 1.807) is 0 Å². The Bertz CT molecular complexity index is 348. The first-order valence-electron chi connectivity index (χ1n) is 5.18. The Balaban J connectivity index is 3.13. The Morgan fingerprint density at radius 2 is 1.93 bits per heavy atom. The molecule has 3 N–H and O–H groups in total. The zero-order chi connectivity index (χ0) is 11.6. The number of hydrogen-bond acceptors (Lipinski definition) is 2. The zero-order valence-electron chi connectivity index (χ0n) is 9.42. The first-order valence-corrected chi connectivity index (χ1v) is 5.98. The van der Waals surface area contributed by atoms with Gasteiger partial charge in [-0.3, -0.25) is 0 Å². The molecule has 2 nitrogen and oxygen atoms in total. The fourth-order valence-electron chi connectivity index (χ4n) is 1.52. The smallest absolute Gasteiger partial charge is 0.133 e. The first-order chi connectivity index (χ1) is 6.91. The number of halogens is 1. The fraction of sp³-hybridized carbons (Fsp3) is 0.500. The predicted molar refractivity (Wildman–Crippen MR) is 67.2 cm³/mol. The molecule has 3 heteroatoms. The number of rotatable bonds is 3. The van der Waals surface area contributed by atoms with Crippen LogP contribution in [0.2, 0.25) is 0 Å². The first kappa shape index (κ1) is 12.5. The van der Waals surface area contributed by atoms with Crippen molar-refractivity contribution in [3.05, 3.63) is 27.7 Å². The van der Waals surface area contributed by atoms with Gasteiger partial charge >= 0.3 is 0 Å². The van der Waals surface area contributed by atoms with Crippen LogP contribution in [-0.2, 0) is 6.42 Å². The SMILES string of the molecule is CC(N)Cc1cc(C(C)C)cc(Br)c1O. The fourth-order valence-corrected chi connectivity index (χ4v) is 2.03. The zero-order valence-corrected chi connectivity index (χ0v) is 11.0. The second-order valence-corrected chi connectivity index (χ2v) is 5.20. The van der Waals surface area contributed by atoms with Gasteiger partial charge in [0.1, 0.15) is 5.75 Å². The minimum atomic E-state index is 0.0604. The van der Waals surface area contributed by atoms with E-state index in [-0.39, 0.29) is 6.04 Å². The molecule has 0 saturated heterocycles. The third-order valence-electron chi connectivity index (χ3n) is 2.37. The summed E-state index contributed by atoms with van der Waals surface area (Å²) in [6, 6.07) is 4.06. The molecule has 0 bridgehead atoms. The minimum absolute atomic E-state index is 0.0604. The molecule has 0 heterocycles. The van der Waals surface area contributed by atoms with Crippen LogP contribution in [0, 0.1) is 0 Å². The van der Waals surface area contributed by atoms with Gasteiger partial charge in [0.25, 0.3) is 0 Å². The molecule has 1 unspecified atom stereocenters. The second kappa shape index (κ2) is 4.99. The van der Waals surface area contributed by atoms with Crippen LogP contribution in [-0.4, -0.2) is 11.1 Å². The molecule has 1 rings (SSSR count). The van der Waals surface area contributed by atoms with Gasteiger partial charge in [-0.25, -0.2) is 0 Å². The van der Waals surface area contributed by atoms with Gasteiger partial charge in [0, 0.05) is 6.04 Å². The summed E-state index contributed by atoms with van der Waals surface area (Å²) >= 11 is 3.36. The molecule has 0 saturated carbocycles. The average Bonchev–Trinajstić information content (AvgIpc) is 2.11. The van der Waals surface area contributed by atoms with E-state index in [9.17, 15) is 5.11 Å². The minimum Gasteiger partial charge on any atom is -0.506 e. The summed E-state index contributed by atoms with van der Waals surface area (Å²) in [6.07, 6.45) is 0.699. The molecule has 84 valence electrons. The summed E-state index contributed by atoms with van der Waals surface area (Å²) in [6.45, 7) is 6.21. The lowest BCUT2D eigenvalue weighted by Crippen LogP contribution is -2.18. The third kappa shape index (κ3) is 3.21. The Kier molecular flexibility index (Phi) is 4.17. The lowest BCUT2D eigenvalue weighted by atomic mass is 9.97. The van der Waals surface area contributed by atoms with E-state index < -0.39 is 0 Å². The summed E-state index contributed by atoms with van der Waals surface area (Å²) < 4.78 is 0.754. The van der Waals surface area contributed by atoms with Crippen LogP contribution < -0.4 is 5.73 Å². The topological polar surface area (TPSA) is 46.2 Å². The van der Waals surface area contributed by atoms with E-state index in [0.717, 1.165) is 10.0 Å². The van der Waals surface area contributed by atoms with Gasteiger partial charge < -0.3 is 10.8 Å². The molecule has 0 spiro atoms. The third-order valence-corrected chi connectivity index (χ3v) is 2.98. The summed E-state index contributed by atoms with van der Waals surface area (Å²) in [5, 5.41) is 9.85.